The predicted octanol–water partition coefficient (Wildman–Crippen LogP) is 4.53. The fraction of sp³-hybridized carbons (Fsp3) is 0.857. The number of rotatable bonds is 31. The van der Waals surface area contributed by atoms with E-state index in [9.17, 15) is 24.0 Å². The lowest BCUT2D eigenvalue weighted by atomic mass is 9.99. The van der Waals surface area contributed by atoms with Gasteiger partial charge in [0.15, 0.2) is 11.6 Å². The minimum Gasteiger partial charge on any atom is -0.382 e. The van der Waals surface area contributed by atoms with Crippen molar-refractivity contribution in [1.82, 2.24) is 10.6 Å². The van der Waals surface area contributed by atoms with Gasteiger partial charge in [0, 0.05) is 78.2 Å². The lowest BCUT2D eigenvalue weighted by Gasteiger charge is -2.20. The van der Waals surface area contributed by atoms with Crippen LogP contribution in [0, 0.1) is 0 Å². The summed E-state index contributed by atoms with van der Waals surface area (Å²) in [5.74, 6) is -1.13. The molecule has 0 heterocycles. The molecule has 0 aromatic heterocycles. The highest BCUT2D eigenvalue weighted by atomic mass is 16.5. The van der Waals surface area contributed by atoms with Gasteiger partial charge in [-0.1, -0.05) is 7.43 Å². The molecule has 0 spiro atoms. The summed E-state index contributed by atoms with van der Waals surface area (Å²) in [6.07, 6.45) is 2.79. The Morgan fingerprint density at radius 2 is 0.979 bits per heavy atom. The molecule has 0 aliphatic rings. The number of carbonyl (C=O) groups is 5. The zero-order valence-electron chi connectivity index (χ0n) is 29.4. The summed E-state index contributed by atoms with van der Waals surface area (Å²) in [6, 6.07) is -1.68. The van der Waals surface area contributed by atoms with Crippen molar-refractivity contribution in [2.45, 2.75) is 137 Å². The van der Waals surface area contributed by atoms with Gasteiger partial charge >= 0.3 is 0 Å². The van der Waals surface area contributed by atoms with Gasteiger partial charge in [-0.05, 0) is 73.6 Å². The van der Waals surface area contributed by atoms with Gasteiger partial charge in [0.05, 0.1) is 37.5 Å². The SMILES string of the molecule is C.CCOCCCC(=O)CCC(NC(=O)CCC(NC(=O)CCOCCOC(C)(C)C)C(=O)CCCOCC)C(=O)CCCOCC. The Bertz CT molecular complexity index is 860. The van der Waals surface area contributed by atoms with E-state index in [4.69, 9.17) is 23.7 Å². The first-order valence-corrected chi connectivity index (χ1v) is 17.0. The molecular weight excluding hydrogens is 608 g/mol. The maximum absolute atomic E-state index is 13.0. The van der Waals surface area contributed by atoms with Crippen LogP contribution in [0.1, 0.15) is 120 Å². The third kappa shape index (κ3) is 28.5. The lowest BCUT2D eigenvalue weighted by Crippen LogP contribution is -2.44. The average Bonchev–Trinajstić information content (AvgIpc) is 3.00. The maximum Gasteiger partial charge on any atom is 0.222 e. The van der Waals surface area contributed by atoms with Crippen LogP contribution in [0.3, 0.4) is 0 Å². The number of ketones is 3. The molecule has 0 aliphatic heterocycles. The van der Waals surface area contributed by atoms with E-state index in [2.05, 4.69) is 10.6 Å². The summed E-state index contributed by atoms with van der Waals surface area (Å²) in [4.78, 5) is 64.1. The minimum absolute atomic E-state index is 0. The molecule has 12 nitrogen and oxygen atoms in total. The molecule has 2 unspecified atom stereocenters. The first-order chi connectivity index (χ1) is 21.9. The number of carbonyl (C=O) groups excluding carboxylic acids is 5. The molecule has 276 valence electrons. The summed E-state index contributed by atoms with van der Waals surface area (Å²) in [7, 11) is 0. The van der Waals surface area contributed by atoms with Gasteiger partial charge in [0.1, 0.15) is 5.78 Å². The van der Waals surface area contributed by atoms with E-state index in [0.29, 0.717) is 78.5 Å². The summed E-state index contributed by atoms with van der Waals surface area (Å²) in [5.41, 5.74) is -0.277. The molecule has 0 aromatic rings. The number of Topliss-reactive ketones (excluding diaryl/α,β-unsaturated/α-hetero) is 3. The molecule has 2 amide bonds. The number of hydrogen-bond donors (Lipinski definition) is 2. The van der Waals surface area contributed by atoms with Gasteiger partial charge in [0.2, 0.25) is 11.8 Å². The predicted molar refractivity (Wildman–Crippen MR) is 182 cm³/mol. The fourth-order valence-corrected chi connectivity index (χ4v) is 4.39. The molecule has 0 saturated carbocycles. The first kappa shape index (κ1) is 46.9. The van der Waals surface area contributed by atoms with Crippen molar-refractivity contribution in [1.29, 1.82) is 0 Å². The molecule has 2 N–H and O–H groups in total. The van der Waals surface area contributed by atoms with Crippen LogP contribution in [-0.2, 0) is 47.7 Å². The van der Waals surface area contributed by atoms with Crippen LogP contribution in [0.5, 0.6) is 0 Å². The zero-order chi connectivity index (χ0) is 34.6. The normalized spacial score (nSPS) is 12.6. The number of amides is 2. The quantitative estimate of drug-likeness (QED) is 0.100. The summed E-state index contributed by atoms with van der Waals surface area (Å²) < 4.78 is 27.0. The van der Waals surface area contributed by atoms with Crippen LogP contribution >= 0.6 is 0 Å². The second-order valence-corrected chi connectivity index (χ2v) is 12.0. The summed E-state index contributed by atoms with van der Waals surface area (Å²) in [6.45, 7) is 15.4. The van der Waals surface area contributed by atoms with Crippen LogP contribution in [-0.4, -0.2) is 106 Å². The van der Waals surface area contributed by atoms with E-state index in [1.165, 1.54) is 0 Å². The van der Waals surface area contributed by atoms with E-state index in [1.54, 1.807) is 0 Å². The van der Waals surface area contributed by atoms with Gasteiger partial charge in [-0.2, -0.15) is 0 Å². The molecule has 0 radical (unpaired) electrons. The molecule has 0 aromatic carbocycles. The highest BCUT2D eigenvalue weighted by Crippen LogP contribution is 2.10. The third-order valence-electron chi connectivity index (χ3n) is 6.84. The van der Waals surface area contributed by atoms with E-state index in [1.807, 2.05) is 41.5 Å². The molecule has 47 heavy (non-hydrogen) atoms. The molecule has 12 heteroatoms. The van der Waals surface area contributed by atoms with Gasteiger partial charge in [-0.15, -0.1) is 0 Å². The molecule has 0 rings (SSSR count). The van der Waals surface area contributed by atoms with Crippen LogP contribution in [0.2, 0.25) is 0 Å². The molecule has 0 saturated heterocycles. The molecule has 0 aliphatic carbocycles. The lowest BCUT2D eigenvalue weighted by molar-refractivity contribution is -0.130. The van der Waals surface area contributed by atoms with Crippen LogP contribution < -0.4 is 10.6 Å². The second-order valence-electron chi connectivity index (χ2n) is 12.0. The van der Waals surface area contributed by atoms with Crippen LogP contribution in [0.15, 0.2) is 0 Å². The van der Waals surface area contributed by atoms with Crippen molar-refractivity contribution in [2.24, 2.45) is 0 Å². The van der Waals surface area contributed by atoms with Crippen molar-refractivity contribution in [3.63, 3.8) is 0 Å². The van der Waals surface area contributed by atoms with E-state index in [0.717, 1.165) is 0 Å². The topological polar surface area (TPSA) is 156 Å². The summed E-state index contributed by atoms with van der Waals surface area (Å²) >= 11 is 0. The molecule has 2 atom stereocenters. The van der Waals surface area contributed by atoms with Crippen LogP contribution in [0.4, 0.5) is 0 Å². The first-order valence-electron chi connectivity index (χ1n) is 17.0. The standard InChI is InChI=1S/C34H62N2O10.CH4/c1-7-42-21-10-13-27(37)16-17-28(30(38)14-11-22-43-8-2)35-32(40)19-18-29(31(39)15-12-23-44-9-3)36-33(41)20-24-45-25-26-46-34(4,5)6;/h28-29H,7-26H2,1-6H3,(H,35,40)(H,36,41);1H4. The highest BCUT2D eigenvalue weighted by Gasteiger charge is 2.25. The van der Waals surface area contributed by atoms with Crippen molar-refractivity contribution in [2.75, 3.05) is 59.5 Å². The van der Waals surface area contributed by atoms with Crippen LogP contribution in [0.25, 0.3) is 0 Å². The van der Waals surface area contributed by atoms with Crippen molar-refractivity contribution in [3.05, 3.63) is 0 Å². The average molecular weight is 675 g/mol. The van der Waals surface area contributed by atoms with E-state index >= 15 is 0 Å². The fourth-order valence-electron chi connectivity index (χ4n) is 4.39. The Balaban J connectivity index is 0. The van der Waals surface area contributed by atoms with Gasteiger partial charge < -0.3 is 34.3 Å². The number of hydrogen-bond acceptors (Lipinski definition) is 10. The number of ether oxygens (including phenoxy) is 5. The third-order valence-corrected chi connectivity index (χ3v) is 6.84. The minimum atomic E-state index is -0.864. The van der Waals surface area contributed by atoms with Gasteiger partial charge in [-0.3, -0.25) is 24.0 Å². The number of nitrogens with one attached hydrogen (secondary N) is 2. The molecule has 0 bridgehead atoms. The maximum atomic E-state index is 13.0. The Labute approximate surface area is 284 Å². The Morgan fingerprint density at radius 1 is 0.532 bits per heavy atom. The van der Waals surface area contributed by atoms with E-state index in [-0.39, 0.29) is 87.8 Å². The largest absolute Gasteiger partial charge is 0.382 e. The van der Waals surface area contributed by atoms with Gasteiger partial charge in [-0.25, -0.2) is 0 Å². The van der Waals surface area contributed by atoms with Crippen molar-refractivity contribution in [3.8, 4) is 0 Å². The summed E-state index contributed by atoms with van der Waals surface area (Å²) in [5, 5.41) is 5.54. The molecule has 0 fully saturated rings. The van der Waals surface area contributed by atoms with Crippen molar-refractivity contribution >= 4 is 29.2 Å². The van der Waals surface area contributed by atoms with E-state index < -0.39 is 18.0 Å². The Hall–Kier alpha value is -2.25. The van der Waals surface area contributed by atoms with Crippen molar-refractivity contribution < 1.29 is 47.7 Å². The second kappa shape index (κ2) is 29.9. The smallest absolute Gasteiger partial charge is 0.222 e. The molecular formula is C35H66N2O10. The zero-order valence-corrected chi connectivity index (χ0v) is 29.4. The Morgan fingerprint density at radius 3 is 1.45 bits per heavy atom. The highest BCUT2D eigenvalue weighted by molar-refractivity contribution is 5.91. The monoisotopic (exact) mass is 674 g/mol. The Kier molecular flexibility index (Phi) is 29.8. The van der Waals surface area contributed by atoms with Gasteiger partial charge in [0.25, 0.3) is 0 Å².